The topological polar surface area (TPSA) is 43.6 Å². The van der Waals surface area contributed by atoms with Crippen LogP contribution in [0.3, 0.4) is 0 Å². The number of para-hydroxylation sites is 1. The Hall–Kier alpha value is -7.43. The molecule has 2 heterocycles. The van der Waals surface area contributed by atoms with Crippen LogP contribution in [0.5, 0.6) is 0 Å². The third-order valence-electron chi connectivity index (χ3n) is 10.3. The van der Waals surface area contributed by atoms with Crippen molar-refractivity contribution in [2.75, 3.05) is 0 Å². The Morgan fingerprint density at radius 3 is 1.44 bits per heavy atom. The predicted molar refractivity (Wildman–Crippen MR) is 227 cm³/mol. The molecule has 10 rings (SSSR count). The van der Waals surface area contributed by atoms with Crippen molar-refractivity contribution < 1.29 is 0 Å². The standard InChI is InChI=1S/C51H34N4/c1-4-15-35(16-5-1)40-21-14-22-42(33-40)55-47-26-13-12-24-44(47)46-34-41(31-32-48(46)55)36-27-29-37(30-28-36)43-23-10-11-25-45(43)51-53-49(38-17-6-2-7-18-38)52-50(54-51)39-19-8-3-9-20-39/h1-34H. The molecule has 0 saturated carbocycles. The monoisotopic (exact) mass is 702 g/mol. The Kier molecular flexibility index (Phi) is 8.12. The van der Waals surface area contributed by atoms with Gasteiger partial charge in [-0.05, 0) is 63.7 Å². The number of aromatic nitrogens is 4. The first kappa shape index (κ1) is 32.2. The molecule has 4 nitrogen and oxygen atoms in total. The molecule has 0 aliphatic carbocycles. The Morgan fingerprint density at radius 1 is 0.273 bits per heavy atom. The lowest BCUT2D eigenvalue weighted by Gasteiger charge is -2.13. The van der Waals surface area contributed by atoms with E-state index in [4.69, 9.17) is 15.0 Å². The highest BCUT2D eigenvalue weighted by Gasteiger charge is 2.17. The second-order valence-corrected chi connectivity index (χ2v) is 13.7. The van der Waals surface area contributed by atoms with Crippen LogP contribution in [-0.4, -0.2) is 19.5 Å². The number of benzene rings is 8. The van der Waals surface area contributed by atoms with E-state index in [0.29, 0.717) is 17.5 Å². The first-order chi connectivity index (χ1) is 27.3. The lowest BCUT2D eigenvalue weighted by Crippen LogP contribution is -2.01. The molecule has 0 unspecified atom stereocenters. The molecule has 0 aliphatic heterocycles. The minimum atomic E-state index is 0.642. The van der Waals surface area contributed by atoms with Gasteiger partial charge in [0.1, 0.15) is 0 Å². The number of hydrogen-bond acceptors (Lipinski definition) is 3. The van der Waals surface area contributed by atoms with Gasteiger partial charge in [0.25, 0.3) is 0 Å². The Labute approximate surface area is 319 Å². The Balaban J connectivity index is 1.03. The van der Waals surface area contributed by atoms with Gasteiger partial charge in [-0.15, -0.1) is 0 Å². The fraction of sp³-hybridized carbons (Fsp3) is 0. The summed E-state index contributed by atoms with van der Waals surface area (Å²) in [5.74, 6) is 1.94. The van der Waals surface area contributed by atoms with Crippen molar-refractivity contribution in [1.29, 1.82) is 0 Å². The van der Waals surface area contributed by atoms with Crippen LogP contribution in [0, 0.1) is 0 Å². The van der Waals surface area contributed by atoms with E-state index in [0.717, 1.165) is 39.1 Å². The normalized spacial score (nSPS) is 11.3. The zero-order valence-corrected chi connectivity index (χ0v) is 29.9. The van der Waals surface area contributed by atoms with Crippen molar-refractivity contribution in [3.8, 4) is 73.2 Å². The first-order valence-corrected chi connectivity index (χ1v) is 18.5. The van der Waals surface area contributed by atoms with Gasteiger partial charge in [-0.3, -0.25) is 0 Å². The van der Waals surface area contributed by atoms with E-state index in [1.807, 2.05) is 66.7 Å². The van der Waals surface area contributed by atoms with Gasteiger partial charge in [-0.25, -0.2) is 15.0 Å². The van der Waals surface area contributed by atoms with Crippen molar-refractivity contribution in [2.24, 2.45) is 0 Å². The zero-order valence-electron chi connectivity index (χ0n) is 29.9. The second-order valence-electron chi connectivity index (χ2n) is 13.7. The average molecular weight is 703 g/mol. The van der Waals surface area contributed by atoms with E-state index in [9.17, 15) is 0 Å². The highest BCUT2D eigenvalue weighted by atomic mass is 15.0. The summed E-state index contributed by atoms with van der Waals surface area (Å²) in [6.45, 7) is 0. The van der Waals surface area contributed by atoms with E-state index < -0.39 is 0 Å². The van der Waals surface area contributed by atoms with Crippen LogP contribution in [0.2, 0.25) is 0 Å². The fourth-order valence-corrected chi connectivity index (χ4v) is 7.59. The third-order valence-corrected chi connectivity index (χ3v) is 10.3. The molecule has 258 valence electrons. The van der Waals surface area contributed by atoms with Crippen LogP contribution in [0.15, 0.2) is 206 Å². The molecule has 0 amide bonds. The Bertz CT molecular complexity index is 2890. The molecular weight excluding hydrogens is 669 g/mol. The Morgan fingerprint density at radius 2 is 0.745 bits per heavy atom. The van der Waals surface area contributed by atoms with E-state index in [1.54, 1.807) is 0 Å². The molecule has 0 fully saturated rings. The first-order valence-electron chi connectivity index (χ1n) is 18.5. The summed E-state index contributed by atoms with van der Waals surface area (Å²) < 4.78 is 2.38. The highest BCUT2D eigenvalue weighted by Crippen LogP contribution is 2.37. The summed E-state index contributed by atoms with van der Waals surface area (Å²) >= 11 is 0. The van der Waals surface area contributed by atoms with Gasteiger partial charge in [-0.1, -0.05) is 176 Å². The summed E-state index contributed by atoms with van der Waals surface area (Å²) in [7, 11) is 0. The molecule has 10 aromatic rings. The zero-order chi connectivity index (χ0) is 36.6. The van der Waals surface area contributed by atoms with Gasteiger partial charge in [0.05, 0.1) is 11.0 Å². The number of nitrogens with zero attached hydrogens (tertiary/aromatic N) is 4. The number of rotatable bonds is 7. The van der Waals surface area contributed by atoms with Crippen LogP contribution in [0.1, 0.15) is 0 Å². The predicted octanol–water partition coefficient (Wildman–Crippen LogP) is 13.0. The van der Waals surface area contributed by atoms with Crippen LogP contribution in [0.25, 0.3) is 95.0 Å². The molecule has 0 N–H and O–H groups in total. The van der Waals surface area contributed by atoms with Gasteiger partial charge >= 0.3 is 0 Å². The molecule has 2 aromatic heterocycles. The van der Waals surface area contributed by atoms with Gasteiger partial charge < -0.3 is 4.57 Å². The quantitative estimate of drug-likeness (QED) is 0.166. The summed E-state index contributed by atoms with van der Waals surface area (Å²) in [5.41, 5.74) is 13.3. The number of hydrogen-bond donors (Lipinski definition) is 0. The van der Waals surface area contributed by atoms with Crippen molar-refractivity contribution in [3.63, 3.8) is 0 Å². The van der Waals surface area contributed by atoms with Crippen molar-refractivity contribution in [1.82, 2.24) is 19.5 Å². The fourth-order valence-electron chi connectivity index (χ4n) is 7.59. The van der Waals surface area contributed by atoms with Crippen LogP contribution in [-0.2, 0) is 0 Å². The molecule has 55 heavy (non-hydrogen) atoms. The average Bonchev–Trinajstić information content (AvgIpc) is 3.61. The maximum atomic E-state index is 5.02. The SMILES string of the molecule is c1ccc(-c2cccc(-n3c4ccccc4c4cc(-c5ccc(-c6ccccc6-c6nc(-c7ccccc7)nc(-c7ccccc7)n6)cc5)ccc43)c2)cc1. The summed E-state index contributed by atoms with van der Waals surface area (Å²) in [6.07, 6.45) is 0. The smallest absolute Gasteiger partial charge is 0.164 e. The lowest BCUT2D eigenvalue weighted by atomic mass is 9.96. The minimum absolute atomic E-state index is 0.642. The van der Waals surface area contributed by atoms with Gasteiger partial charge in [0.2, 0.25) is 0 Å². The van der Waals surface area contributed by atoms with Crippen LogP contribution >= 0.6 is 0 Å². The van der Waals surface area contributed by atoms with Crippen LogP contribution < -0.4 is 0 Å². The molecule has 0 atom stereocenters. The molecule has 0 spiro atoms. The van der Waals surface area contributed by atoms with Gasteiger partial charge in [-0.2, -0.15) is 0 Å². The molecule has 0 radical (unpaired) electrons. The molecule has 0 aliphatic rings. The summed E-state index contributed by atoms with van der Waals surface area (Å²) in [4.78, 5) is 14.9. The minimum Gasteiger partial charge on any atom is -0.309 e. The molecule has 4 heteroatoms. The number of fused-ring (bicyclic) bond motifs is 3. The molecule has 8 aromatic carbocycles. The molecular formula is C51H34N4. The van der Waals surface area contributed by atoms with E-state index in [-0.39, 0.29) is 0 Å². The van der Waals surface area contributed by atoms with E-state index in [1.165, 1.54) is 38.5 Å². The van der Waals surface area contributed by atoms with Crippen molar-refractivity contribution in [3.05, 3.63) is 206 Å². The van der Waals surface area contributed by atoms with E-state index >= 15 is 0 Å². The van der Waals surface area contributed by atoms with E-state index in [2.05, 4.69) is 144 Å². The lowest BCUT2D eigenvalue weighted by molar-refractivity contribution is 1.07. The molecule has 0 bridgehead atoms. The summed E-state index contributed by atoms with van der Waals surface area (Å²) in [5, 5.41) is 2.46. The maximum absolute atomic E-state index is 5.02. The van der Waals surface area contributed by atoms with Crippen molar-refractivity contribution >= 4 is 21.8 Å². The van der Waals surface area contributed by atoms with Crippen molar-refractivity contribution in [2.45, 2.75) is 0 Å². The molecule has 0 saturated heterocycles. The highest BCUT2D eigenvalue weighted by molar-refractivity contribution is 6.10. The summed E-state index contributed by atoms with van der Waals surface area (Å²) in [6, 6.07) is 72.3. The van der Waals surface area contributed by atoms with Gasteiger partial charge in [0, 0.05) is 33.2 Å². The maximum Gasteiger partial charge on any atom is 0.164 e. The third kappa shape index (κ3) is 6.06. The van der Waals surface area contributed by atoms with Crippen LogP contribution in [0.4, 0.5) is 0 Å². The second kappa shape index (κ2) is 13.8. The largest absolute Gasteiger partial charge is 0.309 e. The van der Waals surface area contributed by atoms with Gasteiger partial charge in [0.15, 0.2) is 17.5 Å².